The minimum atomic E-state index is -1.48. The third-order valence-corrected chi connectivity index (χ3v) is 0.860. The molecule has 0 spiro atoms. The van der Waals surface area contributed by atoms with E-state index in [1.54, 1.807) is 6.08 Å². The summed E-state index contributed by atoms with van der Waals surface area (Å²) in [6, 6.07) is 0. The molecule has 0 amide bonds. The number of aliphatic hydroxyl groups is 2. The van der Waals surface area contributed by atoms with Crippen molar-refractivity contribution in [2.45, 2.75) is 19.6 Å². The van der Waals surface area contributed by atoms with Crippen LogP contribution < -0.4 is 0 Å². The number of hydrogen-bond donors (Lipinski definition) is 2. The van der Waals surface area contributed by atoms with Gasteiger partial charge in [-0.2, -0.15) is 0 Å². The lowest BCUT2D eigenvalue weighted by atomic mass is 10.3. The van der Waals surface area contributed by atoms with E-state index in [0.717, 1.165) is 6.42 Å². The fraction of sp³-hybridized carbons (Fsp3) is 0.500. The van der Waals surface area contributed by atoms with Crippen LogP contribution in [0.4, 0.5) is 0 Å². The highest BCUT2D eigenvalue weighted by molar-refractivity contribution is 5.29. The molecule has 3 nitrogen and oxygen atoms in total. The van der Waals surface area contributed by atoms with Crippen LogP contribution in [-0.4, -0.2) is 23.2 Å². The van der Waals surface area contributed by atoms with Crippen LogP contribution in [0.5, 0.6) is 0 Å². The van der Waals surface area contributed by atoms with Crippen LogP contribution in [0, 0.1) is 0 Å². The zero-order chi connectivity index (χ0) is 7.28. The van der Waals surface area contributed by atoms with E-state index in [2.05, 4.69) is 11.7 Å². The SMILES string of the molecule is C=N/C(=C\CC)C(O)O. The molecule has 0 rings (SSSR count). The molecule has 0 aromatic carbocycles. The third-order valence-electron chi connectivity index (χ3n) is 0.860. The van der Waals surface area contributed by atoms with Crippen LogP contribution in [0.15, 0.2) is 16.8 Å². The molecule has 0 aliphatic rings. The van der Waals surface area contributed by atoms with E-state index in [-0.39, 0.29) is 5.70 Å². The molecule has 52 valence electrons. The monoisotopic (exact) mass is 129 g/mol. The Labute approximate surface area is 54.4 Å². The van der Waals surface area contributed by atoms with E-state index >= 15 is 0 Å². The highest BCUT2D eigenvalue weighted by Gasteiger charge is 2.00. The van der Waals surface area contributed by atoms with Crippen molar-refractivity contribution in [2.75, 3.05) is 0 Å². The summed E-state index contributed by atoms with van der Waals surface area (Å²) < 4.78 is 0. The van der Waals surface area contributed by atoms with Gasteiger partial charge in [-0.05, 0) is 13.1 Å². The van der Waals surface area contributed by atoms with Gasteiger partial charge in [0, 0.05) is 0 Å². The molecule has 0 bridgehead atoms. The van der Waals surface area contributed by atoms with Crippen LogP contribution in [0.1, 0.15) is 13.3 Å². The van der Waals surface area contributed by atoms with Crippen molar-refractivity contribution in [3.05, 3.63) is 11.8 Å². The van der Waals surface area contributed by atoms with Crippen molar-refractivity contribution in [3.63, 3.8) is 0 Å². The van der Waals surface area contributed by atoms with E-state index in [0.29, 0.717) is 0 Å². The second-order valence-corrected chi connectivity index (χ2v) is 1.57. The molecule has 0 atom stereocenters. The Bertz CT molecular complexity index is 118. The second-order valence-electron chi connectivity index (χ2n) is 1.57. The van der Waals surface area contributed by atoms with Crippen molar-refractivity contribution >= 4 is 6.72 Å². The number of allylic oxidation sites excluding steroid dienone is 1. The Morgan fingerprint density at radius 2 is 2.33 bits per heavy atom. The Kier molecular flexibility index (Phi) is 3.92. The first-order valence-electron chi connectivity index (χ1n) is 2.75. The van der Waals surface area contributed by atoms with Crippen molar-refractivity contribution < 1.29 is 10.2 Å². The van der Waals surface area contributed by atoms with Gasteiger partial charge in [-0.15, -0.1) is 0 Å². The summed E-state index contributed by atoms with van der Waals surface area (Å²) in [5.41, 5.74) is 0.220. The van der Waals surface area contributed by atoms with Gasteiger partial charge in [0.1, 0.15) is 0 Å². The normalized spacial score (nSPS) is 12.2. The van der Waals surface area contributed by atoms with Gasteiger partial charge < -0.3 is 10.2 Å². The summed E-state index contributed by atoms with van der Waals surface area (Å²) in [6.45, 7) is 5.05. The number of hydrogen-bond acceptors (Lipinski definition) is 3. The smallest absolute Gasteiger partial charge is 0.195 e. The standard InChI is InChI=1S/C6H11NO2/c1-3-4-5(7-2)6(8)9/h4,6,8-9H,2-3H2,1H3/b5-4-. The predicted octanol–water partition coefficient (Wildman–Crippen LogP) is 0.292. The van der Waals surface area contributed by atoms with Crippen molar-refractivity contribution in [2.24, 2.45) is 4.99 Å². The fourth-order valence-corrected chi connectivity index (χ4v) is 0.461. The molecule has 2 N–H and O–H groups in total. The quantitative estimate of drug-likeness (QED) is 0.425. The summed E-state index contributed by atoms with van der Waals surface area (Å²) in [5, 5.41) is 17.0. The van der Waals surface area contributed by atoms with Gasteiger partial charge >= 0.3 is 0 Å². The van der Waals surface area contributed by atoms with Gasteiger partial charge in [-0.1, -0.05) is 13.0 Å². The summed E-state index contributed by atoms with van der Waals surface area (Å²) in [6.07, 6.45) is 0.853. The second kappa shape index (κ2) is 4.23. The molecule has 0 aliphatic heterocycles. The molecule has 0 unspecified atom stereocenters. The van der Waals surface area contributed by atoms with E-state index in [1.807, 2.05) is 6.92 Å². The highest BCUT2D eigenvalue weighted by Crippen LogP contribution is 2.00. The van der Waals surface area contributed by atoms with Crippen LogP contribution >= 0.6 is 0 Å². The van der Waals surface area contributed by atoms with Gasteiger partial charge in [-0.3, -0.25) is 4.99 Å². The van der Waals surface area contributed by atoms with E-state index in [9.17, 15) is 0 Å². The summed E-state index contributed by atoms with van der Waals surface area (Å²) in [4.78, 5) is 3.39. The minimum absolute atomic E-state index is 0.220. The lowest BCUT2D eigenvalue weighted by Gasteiger charge is -2.00. The molecular weight excluding hydrogens is 118 g/mol. The van der Waals surface area contributed by atoms with E-state index in [1.165, 1.54) is 0 Å². The first-order chi connectivity index (χ1) is 4.22. The van der Waals surface area contributed by atoms with Crippen molar-refractivity contribution in [1.82, 2.24) is 0 Å². The number of nitrogens with zero attached hydrogens (tertiary/aromatic N) is 1. The molecule has 0 saturated carbocycles. The summed E-state index contributed by atoms with van der Waals surface area (Å²) in [5.74, 6) is 0. The van der Waals surface area contributed by atoms with Crippen molar-refractivity contribution in [1.29, 1.82) is 0 Å². The van der Waals surface area contributed by atoms with Crippen LogP contribution in [0.3, 0.4) is 0 Å². The molecule has 0 fully saturated rings. The van der Waals surface area contributed by atoms with Gasteiger partial charge in [-0.25, -0.2) is 0 Å². The number of rotatable bonds is 3. The van der Waals surface area contributed by atoms with E-state index in [4.69, 9.17) is 10.2 Å². The van der Waals surface area contributed by atoms with Gasteiger partial charge in [0.15, 0.2) is 6.29 Å². The summed E-state index contributed by atoms with van der Waals surface area (Å²) >= 11 is 0. The highest BCUT2D eigenvalue weighted by atomic mass is 16.5. The number of aliphatic hydroxyl groups excluding tert-OH is 1. The molecule has 0 aromatic rings. The lowest BCUT2D eigenvalue weighted by Crippen LogP contribution is -2.05. The van der Waals surface area contributed by atoms with Crippen molar-refractivity contribution in [3.8, 4) is 0 Å². The average molecular weight is 129 g/mol. The Morgan fingerprint density at radius 1 is 1.78 bits per heavy atom. The zero-order valence-corrected chi connectivity index (χ0v) is 5.41. The van der Waals surface area contributed by atoms with Gasteiger partial charge in [0.25, 0.3) is 0 Å². The maximum absolute atomic E-state index is 8.50. The topological polar surface area (TPSA) is 52.8 Å². The molecule has 3 heteroatoms. The molecule has 0 heterocycles. The maximum atomic E-state index is 8.50. The Morgan fingerprint density at radius 3 is 2.44 bits per heavy atom. The maximum Gasteiger partial charge on any atom is 0.195 e. The van der Waals surface area contributed by atoms with E-state index < -0.39 is 6.29 Å². The van der Waals surface area contributed by atoms with Gasteiger partial charge in [0.2, 0.25) is 0 Å². The largest absolute Gasteiger partial charge is 0.363 e. The summed E-state index contributed by atoms with van der Waals surface area (Å²) in [7, 11) is 0. The molecule has 9 heavy (non-hydrogen) atoms. The first-order valence-corrected chi connectivity index (χ1v) is 2.75. The van der Waals surface area contributed by atoms with Crippen LogP contribution in [0.25, 0.3) is 0 Å². The molecule has 0 aliphatic carbocycles. The van der Waals surface area contributed by atoms with Crippen LogP contribution in [-0.2, 0) is 0 Å². The molecular formula is C6H11NO2. The van der Waals surface area contributed by atoms with Crippen LogP contribution in [0.2, 0.25) is 0 Å². The molecule has 0 aromatic heterocycles. The number of aliphatic imine (C=N–C) groups is 1. The Hall–Kier alpha value is -0.670. The Balaban J connectivity index is 3.97. The first kappa shape index (κ1) is 8.33. The molecule has 0 radical (unpaired) electrons. The third kappa shape index (κ3) is 3.00. The zero-order valence-electron chi connectivity index (χ0n) is 5.41. The lowest BCUT2D eigenvalue weighted by molar-refractivity contribution is -0.00869. The molecule has 0 saturated heterocycles. The minimum Gasteiger partial charge on any atom is -0.363 e. The van der Waals surface area contributed by atoms with Gasteiger partial charge in [0.05, 0.1) is 5.70 Å². The average Bonchev–Trinajstić information content (AvgIpc) is 1.82. The fourth-order valence-electron chi connectivity index (χ4n) is 0.461. The predicted molar refractivity (Wildman–Crippen MR) is 36.1 cm³/mol.